The van der Waals surface area contributed by atoms with E-state index in [1.54, 1.807) is 23.6 Å². The second-order valence-corrected chi connectivity index (χ2v) is 6.52. The summed E-state index contributed by atoms with van der Waals surface area (Å²) in [6, 6.07) is 1.88. The van der Waals surface area contributed by atoms with Crippen LogP contribution in [0.5, 0.6) is 0 Å². The van der Waals surface area contributed by atoms with E-state index in [9.17, 15) is 0 Å². The molecule has 0 bridgehead atoms. The summed E-state index contributed by atoms with van der Waals surface area (Å²) < 4.78 is 0. The fourth-order valence-corrected chi connectivity index (χ4v) is 2.31. The van der Waals surface area contributed by atoms with Gasteiger partial charge in [-0.25, -0.2) is 20.8 Å². The highest BCUT2D eigenvalue weighted by Gasteiger charge is 2.20. The zero-order valence-electron chi connectivity index (χ0n) is 12.1. The molecule has 1 unspecified atom stereocenters. The topological polar surface area (TPSA) is 88.8 Å². The van der Waals surface area contributed by atoms with Gasteiger partial charge in [-0.3, -0.25) is 0 Å². The molecule has 0 aromatic carbocycles. The van der Waals surface area contributed by atoms with E-state index in [1.807, 2.05) is 12.3 Å². The Morgan fingerprint density at radius 3 is 2.50 bits per heavy atom. The smallest absolute Gasteiger partial charge is 0.145 e. The number of aromatic nitrogens is 3. The standard InChI is InChI=1S/C13H20N6S/c1-8(11-15-5-6-20-11)16-9-7-10(19-14)18-12(17-9)13(2,3)4/h5-8H,14H2,1-4H3,(H2,16,17,18,19). The van der Waals surface area contributed by atoms with Crippen LogP contribution in [-0.2, 0) is 5.41 Å². The van der Waals surface area contributed by atoms with Crippen LogP contribution in [-0.4, -0.2) is 15.0 Å². The molecular weight excluding hydrogens is 272 g/mol. The van der Waals surface area contributed by atoms with Gasteiger partial charge in [0.2, 0.25) is 0 Å². The normalized spacial score (nSPS) is 13.1. The lowest BCUT2D eigenvalue weighted by atomic mass is 9.96. The van der Waals surface area contributed by atoms with Crippen molar-refractivity contribution >= 4 is 23.0 Å². The van der Waals surface area contributed by atoms with E-state index in [0.29, 0.717) is 5.82 Å². The fraction of sp³-hybridized carbons (Fsp3) is 0.462. The number of thiazole rings is 1. The van der Waals surface area contributed by atoms with Crippen LogP contribution in [0.4, 0.5) is 11.6 Å². The van der Waals surface area contributed by atoms with Gasteiger partial charge >= 0.3 is 0 Å². The molecule has 4 N–H and O–H groups in total. The minimum absolute atomic E-state index is 0.0864. The van der Waals surface area contributed by atoms with Crippen molar-refractivity contribution in [1.29, 1.82) is 0 Å². The van der Waals surface area contributed by atoms with E-state index in [-0.39, 0.29) is 11.5 Å². The van der Waals surface area contributed by atoms with E-state index >= 15 is 0 Å². The average molecular weight is 292 g/mol. The van der Waals surface area contributed by atoms with Gasteiger partial charge in [0.25, 0.3) is 0 Å². The predicted molar refractivity (Wildman–Crippen MR) is 82.7 cm³/mol. The first kappa shape index (κ1) is 14.7. The van der Waals surface area contributed by atoms with Gasteiger partial charge in [-0.2, -0.15) is 0 Å². The summed E-state index contributed by atoms with van der Waals surface area (Å²) in [7, 11) is 0. The van der Waals surface area contributed by atoms with E-state index in [4.69, 9.17) is 5.84 Å². The first-order valence-electron chi connectivity index (χ1n) is 6.42. The van der Waals surface area contributed by atoms with Crippen LogP contribution in [0.15, 0.2) is 17.6 Å². The quantitative estimate of drug-likeness (QED) is 0.593. The Morgan fingerprint density at radius 1 is 1.25 bits per heavy atom. The maximum Gasteiger partial charge on any atom is 0.145 e. The molecule has 0 aliphatic heterocycles. The van der Waals surface area contributed by atoms with Crippen molar-refractivity contribution < 1.29 is 0 Å². The van der Waals surface area contributed by atoms with Gasteiger partial charge in [0.1, 0.15) is 22.5 Å². The summed E-state index contributed by atoms with van der Waals surface area (Å²) in [5.41, 5.74) is 2.44. The molecule has 2 aromatic heterocycles. The molecule has 0 saturated heterocycles. The SMILES string of the molecule is CC(Nc1cc(NN)nc(C(C)(C)C)n1)c1nccs1. The number of hydrazine groups is 1. The monoisotopic (exact) mass is 292 g/mol. The van der Waals surface area contributed by atoms with Gasteiger partial charge < -0.3 is 10.7 Å². The molecule has 2 aromatic rings. The van der Waals surface area contributed by atoms with Crippen LogP contribution in [0, 0.1) is 0 Å². The molecule has 0 fully saturated rings. The predicted octanol–water partition coefficient (Wildman–Crippen LogP) is 2.69. The summed E-state index contributed by atoms with van der Waals surface area (Å²) in [6.07, 6.45) is 1.80. The number of hydrogen-bond acceptors (Lipinski definition) is 7. The number of hydrogen-bond donors (Lipinski definition) is 3. The Bertz CT molecular complexity index is 561. The summed E-state index contributed by atoms with van der Waals surface area (Å²) in [6.45, 7) is 8.25. The lowest BCUT2D eigenvalue weighted by Crippen LogP contribution is -2.20. The van der Waals surface area contributed by atoms with E-state index in [1.165, 1.54) is 0 Å². The Labute approximate surface area is 122 Å². The largest absolute Gasteiger partial charge is 0.361 e. The minimum atomic E-state index is -0.145. The molecule has 2 heterocycles. The molecule has 0 aliphatic carbocycles. The molecule has 0 radical (unpaired) electrons. The van der Waals surface area contributed by atoms with E-state index in [2.05, 4.69) is 46.5 Å². The van der Waals surface area contributed by atoms with Gasteiger partial charge in [0.15, 0.2) is 0 Å². The third-order valence-corrected chi connectivity index (χ3v) is 3.69. The lowest BCUT2D eigenvalue weighted by Gasteiger charge is -2.20. The zero-order chi connectivity index (χ0) is 14.8. The van der Waals surface area contributed by atoms with E-state index < -0.39 is 0 Å². The van der Waals surface area contributed by atoms with Crippen LogP contribution in [0.3, 0.4) is 0 Å². The number of rotatable bonds is 4. The van der Waals surface area contributed by atoms with Gasteiger partial charge in [-0.15, -0.1) is 11.3 Å². The van der Waals surface area contributed by atoms with Crippen molar-refractivity contribution in [2.24, 2.45) is 5.84 Å². The van der Waals surface area contributed by atoms with Crippen molar-refractivity contribution in [2.45, 2.75) is 39.2 Å². The maximum atomic E-state index is 5.48. The first-order valence-corrected chi connectivity index (χ1v) is 7.30. The lowest BCUT2D eigenvalue weighted by molar-refractivity contribution is 0.546. The molecule has 1 atom stereocenters. The summed E-state index contributed by atoms with van der Waals surface area (Å²) in [5, 5.41) is 6.31. The highest BCUT2D eigenvalue weighted by Crippen LogP contribution is 2.25. The summed E-state index contributed by atoms with van der Waals surface area (Å²) in [5.74, 6) is 7.55. The average Bonchev–Trinajstić information content (AvgIpc) is 2.91. The molecule has 2 rings (SSSR count). The molecule has 6 nitrogen and oxygen atoms in total. The van der Waals surface area contributed by atoms with Gasteiger partial charge in [-0.1, -0.05) is 20.8 Å². The number of nitrogens with zero attached hydrogens (tertiary/aromatic N) is 3. The Hall–Kier alpha value is -1.73. The minimum Gasteiger partial charge on any atom is -0.361 e. The summed E-state index contributed by atoms with van der Waals surface area (Å²) >= 11 is 1.61. The van der Waals surface area contributed by atoms with Crippen molar-refractivity contribution in [3.63, 3.8) is 0 Å². The molecule has 108 valence electrons. The maximum absolute atomic E-state index is 5.48. The number of nitrogen functional groups attached to an aromatic ring is 1. The second kappa shape index (κ2) is 5.72. The highest BCUT2D eigenvalue weighted by atomic mass is 32.1. The van der Waals surface area contributed by atoms with Crippen LogP contribution < -0.4 is 16.6 Å². The number of anilines is 2. The summed E-state index contributed by atoms with van der Waals surface area (Å²) in [4.78, 5) is 13.3. The first-order chi connectivity index (χ1) is 9.40. The van der Waals surface area contributed by atoms with E-state index in [0.717, 1.165) is 16.6 Å². The highest BCUT2D eigenvalue weighted by molar-refractivity contribution is 7.09. The number of nitrogens with two attached hydrogens (primary N) is 1. The molecule has 0 spiro atoms. The van der Waals surface area contributed by atoms with Gasteiger partial charge in [0, 0.05) is 23.1 Å². The van der Waals surface area contributed by atoms with Crippen LogP contribution in [0.1, 0.15) is 44.6 Å². The van der Waals surface area contributed by atoms with Crippen molar-refractivity contribution in [3.05, 3.63) is 28.5 Å². The van der Waals surface area contributed by atoms with Crippen molar-refractivity contribution in [2.75, 3.05) is 10.7 Å². The van der Waals surface area contributed by atoms with Crippen LogP contribution in [0.2, 0.25) is 0 Å². The molecule has 0 saturated carbocycles. The molecule has 7 heteroatoms. The number of nitrogens with one attached hydrogen (secondary N) is 2. The Kier molecular flexibility index (Phi) is 4.20. The Morgan fingerprint density at radius 2 is 1.95 bits per heavy atom. The van der Waals surface area contributed by atoms with Crippen LogP contribution in [0.25, 0.3) is 0 Å². The molecule has 0 amide bonds. The third-order valence-electron chi connectivity index (χ3n) is 2.73. The third kappa shape index (κ3) is 3.43. The van der Waals surface area contributed by atoms with Crippen molar-refractivity contribution in [3.8, 4) is 0 Å². The van der Waals surface area contributed by atoms with Gasteiger partial charge in [0.05, 0.1) is 6.04 Å². The molecular formula is C13H20N6S. The Balaban J connectivity index is 2.27. The zero-order valence-corrected chi connectivity index (χ0v) is 13.0. The second-order valence-electron chi connectivity index (χ2n) is 5.59. The van der Waals surface area contributed by atoms with Crippen LogP contribution >= 0.6 is 11.3 Å². The van der Waals surface area contributed by atoms with Gasteiger partial charge in [-0.05, 0) is 6.92 Å². The fourth-order valence-electron chi connectivity index (χ4n) is 1.66. The molecule has 20 heavy (non-hydrogen) atoms. The molecule has 0 aliphatic rings. The van der Waals surface area contributed by atoms with Crippen molar-refractivity contribution in [1.82, 2.24) is 15.0 Å².